The number of ether oxygens (including phenoxy) is 1. The number of halogens is 1. The van der Waals surface area contributed by atoms with Gasteiger partial charge in [-0.15, -0.1) is 10.2 Å². The highest BCUT2D eigenvalue weighted by atomic mass is 32.2. The summed E-state index contributed by atoms with van der Waals surface area (Å²) in [5.74, 6) is 2.15. The quantitative estimate of drug-likeness (QED) is 0.546. The van der Waals surface area contributed by atoms with Crippen LogP contribution in [-0.4, -0.2) is 20.9 Å². The highest BCUT2D eigenvalue weighted by molar-refractivity contribution is 7.98. The minimum absolute atomic E-state index is 0.216. The Bertz CT molecular complexity index is 904. The second-order valence-corrected chi connectivity index (χ2v) is 7.77. The summed E-state index contributed by atoms with van der Waals surface area (Å²) in [5, 5.41) is 9.42. The summed E-state index contributed by atoms with van der Waals surface area (Å²) in [4.78, 5) is 0. The van der Waals surface area contributed by atoms with Crippen molar-refractivity contribution in [1.82, 2.24) is 14.8 Å². The number of benzene rings is 2. The molecule has 1 aliphatic carbocycles. The van der Waals surface area contributed by atoms with Crippen molar-refractivity contribution in [2.75, 3.05) is 0 Å². The molecule has 1 saturated carbocycles. The van der Waals surface area contributed by atoms with Gasteiger partial charge in [0.1, 0.15) is 11.6 Å². The maximum atomic E-state index is 13.3. The molecule has 0 amide bonds. The van der Waals surface area contributed by atoms with E-state index >= 15 is 0 Å². The van der Waals surface area contributed by atoms with Crippen LogP contribution in [0, 0.1) is 5.82 Å². The average molecular weight is 383 g/mol. The zero-order valence-electron chi connectivity index (χ0n) is 15.3. The molecule has 27 heavy (non-hydrogen) atoms. The Kier molecular flexibility index (Phi) is 5.43. The molecule has 0 aliphatic heterocycles. The minimum atomic E-state index is -0.216. The van der Waals surface area contributed by atoms with Crippen molar-refractivity contribution in [2.24, 2.45) is 7.05 Å². The van der Waals surface area contributed by atoms with E-state index in [0.717, 1.165) is 40.7 Å². The van der Waals surface area contributed by atoms with E-state index in [0.29, 0.717) is 11.9 Å². The first-order valence-electron chi connectivity index (χ1n) is 9.23. The normalized spacial score (nSPS) is 14.6. The van der Waals surface area contributed by atoms with Gasteiger partial charge in [0.25, 0.3) is 0 Å². The fraction of sp³-hybridized carbons (Fsp3) is 0.333. The SMILES string of the molecule is Cn1c(SCc2cccc(F)c2)nnc1-c1ccc(OC2CCCC2)cc1. The molecule has 1 fully saturated rings. The van der Waals surface area contributed by atoms with Crippen LogP contribution < -0.4 is 4.74 Å². The van der Waals surface area contributed by atoms with Crippen LogP contribution in [0.1, 0.15) is 31.2 Å². The summed E-state index contributed by atoms with van der Waals surface area (Å²) in [6, 6.07) is 14.7. The van der Waals surface area contributed by atoms with Crippen molar-refractivity contribution in [1.29, 1.82) is 0 Å². The Morgan fingerprint density at radius 1 is 1.11 bits per heavy atom. The number of hydrogen-bond donors (Lipinski definition) is 0. The van der Waals surface area contributed by atoms with Crippen molar-refractivity contribution in [3.8, 4) is 17.1 Å². The molecule has 1 heterocycles. The molecule has 3 aromatic rings. The molecule has 0 bridgehead atoms. The summed E-state index contributed by atoms with van der Waals surface area (Å²) in [5.41, 5.74) is 1.93. The molecule has 1 aliphatic rings. The highest BCUT2D eigenvalue weighted by Crippen LogP contribution is 2.28. The predicted molar refractivity (Wildman–Crippen MR) is 105 cm³/mol. The predicted octanol–water partition coefficient (Wildman–Crippen LogP) is 5.23. The summed E-state index contributed by atoms with van der Waals surface area (Å²) >= 11 is 1.55. The van der Waals surface area contributed by atoms with E-state index in [1.54, 1.807) is 23.9 Å². The van der Waals surface area contributed by atoms with Crippen LogP contribution in [0.15, 0.2) is 53.7 Å². The summed E-state index contributed by atoms with van der Waals surface area (Å²) in [7, 11) is 1.95. The van der Waals surface area contributed by atoms with Gasteiger partial charge in [0.2, 0.25) is 0 Å². The van der Waals surface area contributed by atoms with Gasteiger partial charge < -0.3 is 9.30 Å². The van der Waals surface area contributed by atoms with E-state index in [1.807, 2.05) is 41.9 Å². The number of rotatable bonds is 6. The smallest absolute Gasteiger partial charge is 0.191 e. The number of thioether (sulfide) groups is 1. The summed E-state index contributed by atoms with van der Waals surface area (Å²) < 4.78 is 21.3. The van der Waals surface area contributed by atoms with Gasteiger partial charge in [0, 0.05) is 18.4 Å². The topological polar surface area (TPSA) is 39.9 Å². The van der Waals surface area contributed by atoms with Crippen LogP contribution in [0.4, 0.5) is 4.39 Å². The van der Waals surface area contributed by atoms with Crippen LogP contribution in [0.2, 0.25) is 0 Å². The molecule has 6 heteroatoms. The summed E-state index contributed by atoms with van der Waals surface area (Å²) in [6.45, 7) is 0. The van der Waals surface area contributed by atoms with E-state index in [4.69, 9.17) is 4.74 Å². The van der Waals surface area contributed by atoms with Crippen LogP contribution in [0.25, 0.3) is 11.4 Å². The van der Waals surface area contributed by atoms with Crippen molar-refractivity contribution in [2.45, 2.75) is 42.7 Å². The third-order valence-electron chi connectivity index (χ3n) is 4.81. The zero-order valence-corrected chi connectivity index (χ0v) is 16.1. The second kappa shape index (κ2) is 8.13. The van der Waals surface area contributed by atoms with Gasteiger partial charge in [-0.05, 0) is 67.6 Å². The molecule has 0 saturated heterocycles. The Labute approximate surface area is 162 Å². The Hall–Kier alpha value is -2.34. The van der Waals surface area contributed by atoms with E-state index in [9.17, 15) is 4.39 Å². The minimum Gasteiger partial charge on any atom is -0.490 e. The number of hydrogen-bond acceptors (Lipinski definition) is 4. The first-order chi connectivity index (χ1) is 13.2. The molecule has 4 nitrogen and oxygen atoms in total. The number of nitrogens with zero attached hydrogens (tertiary/aromatic N) is 3. The third-order valence-corrected chi connectivity index (χ3v) is 5.90. The first kappa shape index (κ1) is 18.0. The van der Waals surface area contributed by atoms with Gasteiger partial charge in [-0.3, -0.25) is 0 Å². The first-order valence-corrected chi connectivity index (χ1v) is 10.2. The van der Waals surface area contributed by atoms with Gasteiger partial charge in [0.05, 0.1) is 6.10 Å². The lowest BCUT2D eigenvalue weighted by atomic mass is 10.2. The largest absolute Gasteiger partial charge is 0.490 e. The van der Waals surface area contributed by atoms with E-state index in [1.165, 1.54) is 18.9 Å². The summed E-state index contributed by atoms with van der Waals surface area (Å²) in [6.07, 6.45) is 5.18. The molecule has 4 rings (SSSR count). The Balaban J connectivity index is 1.43. The monoisotopic (exact) mass is 383 g/mol. The fourth-order valence-electron chi connectivity index (χ4n) is 3.35. The van der Waals surface area contributed by atoms with Gasteiger partial charge >= 0.3 is 0 Å². The molecule has 0 unspecified atom stereocenters. The second-order valence-electron chi connectivity index (χ2n) is 6.83. The molecule has 0 radical (unpaired) electrons. The Morgan fingerprint density at radius 2 is 1.89 bits per heavy atom. The van der Waals surface area contributed by atoms with Crippen LogP contribution in [0.5, 0.6) is 5.75 Å². The maximum Gasteiger partial charge on any atom is 0.191 e. The Morgan fingerprint density at radius 3 is 2.63 bits per heavy atom. The van der Waals surface area contributed by atoms with Crippen molar-refractivity contribution >= 4 is 11.8 Å². The van der Waals surface area contributed by atoms with Crippen molar-refractivity contribution in [3.63, 3.8) is 0 Å². The zero-order chi connectivity index (χ0) is 18.6. The fourth-order valence-corrected chi connectivity index (χ4v) is 4.20. The highest BCUT2D eigenvalue weighted by Gasteiger charge is 2.17. The van der Waals surface area contributed by atoms with E-state index in [-0.39, 0.29) is 5.82 Å². The van der Waals surface area contributed by atoms with Gasteiger partial charge in [0.15, 0.2) is 11.0 Å². The molecular formula is C21H22FN3OS. The molecule has 0 N–H and O–H groups in total. The van der Waals surface area contributed by atoms with Crippen LogP contribution in [0.3, 0.4) is 0 Å². The van der Waals surface area contributed by atoms with Crippen molar-refractivity contribution < 1.29 is 9.13 Å². The average Bonchev–Trinajstić information content (AvgIpc) is 3.31. The maximum absolute atomic E-state index is 13.3. The van der Waals surface area contributed by atoms with Crippen LogP contribution >= 0.6 is 11.8 Å². The molecule has 2 aromatic carbocycles. The lowest BCUT2D eigenvalue weighted by molar-refractivity contribution is 0.210. The molecular weight excluding hydrogens is 361 g/mol. The third kappa shape index (κ3) is 4.33. The molecule has 0 atom stereocenters. The molecule has 0 spiro atoms. The standard InChI is InChI=1S/C21H22FN3OS/c1-25-20(16-9-11-19(12-10-16)26-18-7-2-3-8-18)23-24-21(25)27-14-15-5-4-6-17(22)13-15/h4-6,9-13,18H,2-3,7-8,14H2,1H3. The number of aromatic nitrogens is 3. The lowest BCUT2D eigenvalue weighted by Gasteiger charge is -2.13. The van der Waals surface area contributed by atoms with Crippen molar-refractivity contribution in [3.05, 3.63) is 59.9 Å². The van der Waals surface area contributed by atoms with E-state index < -0.39 is 0 Å². The molecule has 1 aromatic heterocycles. The van der Waals surface area contributed by atoms with E-state index in [2.05, 4.69) is 10.2 Å². The van der Waals surface area contributed by atoms with Crippen LogP contribution in [-0.2, 0) is 12.8 Å². The molecule has 140 valence electrons. The van der Waals surface area contributed by atoms with Gasteiger partial charge in [-0.25, -0.2) is 4.39 Å². The van der Waals surface area contributed by atoms with Gasteiger partial charge in [-0.1, -0.05) is 23.9 Å². The van der Waals surface area contributed by atoms with Gasteiger partial charge in [-0.2, -0.15) is 0 Å². The lowest BCUT2D eigenvalue weighted by Crippen LogP contribution is -2.10.